The van der Waals surface area contributed by atoms with Crippen LogP contribution in [0.15, 0.2) is 49.1 Å². The van der Waals surface area contributed by atoms with Gasteiger partial charge >= 0.3 is 0 Å². The highest BCUT2D eigenvalue weighted by molar-refractivity contribution is 5.79. The first-order valence-electron chi connectivity index (χ1n) is 6.17. The molecule has 0 amide bonds. The summed E-state index contributed by atoms with van der Waals surface area (Å²) in [5, 5.41) is 0.982. The van der Waals surface area contributed by atoms with Gasteiger partial charge in [0.2, 0.25) is 0 Å². The van der Waals surface area contributed by atoms with Gasteiger partial charge in [-0.15, -0.1) is 0 Å². The SMILES string of the molecule is c1c[nH]c(-c2ccc3ccc(-c4ncc[nH]4)nc3n2)n1. The summed E-state index contributed by atoms with van der Waals surface area (Å²) in [5.41, 5.74) is 2.21. The van der Waals surface area contributed by atoms with E-state index in [4.69, 9.17) is 0 Å². The molecular formula is C14H10N6. The molecule has 96 valence electrons. The van der Waals surface area contributed by atoms with Crippen LogP contribution >= 0.6 is 0 Å². The van der Waals surface area contributed by atoms with E-state index in [1.807, 2.05) is 24.3 Å². The van der Waals surface area contributed by atoms with Gasteiger partial charge < -0.3 is 9.97 Å². The normalized spacial score (nSPS) is 11.0. The summed E-state index contributed by atoms with van der Waals surface area (Å²) in [6, 6.07) is 7.82. The first-order chi connectivity index (χ1) is 9.90. The predicted molar refractivity (Wildman–Crippen MR) is 74.7 cm³/mol. The Labute approximate surface area is 114 Å². The highest BCUT2D eigenvalue weighted by Crippen LogP contribution is 2.20. The van der Waals surface area contributed by atoms with Crippen molar-refractivity contribution in [1.29, 1.82) is 0 Å². The Bertz CT molecular complexity index is 780. The molecule has 0 spiro atoms. The lowest BCUT2D eigenvalue weighted by Crippen LogP contribution is -1.92. The van der Waals surface area contributed by atoms with Crippen LogP contribution in [0.2, 0.25) is 0 Å². The minimum absolute atomic E-state index is 0.674. The van der Waals surface area contributed by atoms with Crippen LogP contribution in [0, 0.1) is 0 Å². The van der Waals surface area contributed by atoms with Crippen molar-refractivity contribution in [3.05, 3.63) is 49.1 Å². The number of pyridine rings is 2. The second kappa shape index (κ2) is 4.27. The van der Waals surface area contributed by atoms with Gasteiger partial charge in [-0.2, -0.15) is 0 Å². The van der Waals surface area contributed by atoms with Gasteiger partial charge in [0, 0.05) is 30.2 Å². The Hall–Kier alpha value is -3.02. The Balaban J connectivity index is 1.88. The number of nitrogens with one attached hydrogen (secondary N) is 2. The van der Waals surface area contributed by atoms with E-state index >= 15 is 0 Å². The fraction of sp³-hybridized carbons (Fsp3) is 0. The van der Waals surface area contributed by atoms with Crippen molar-refractivity contribution in [1.82, 2.24) is 29.9 Å². The van der Waals surface area contributed by atoms with Gasteiger partial charge in [-0.05, 0) is 24.3 Å². The molecule has 0 atom stereocenters. The number of rotatable bonds is 2. The number of nitrogens with zero attached hydrogens (tertiary/aromatic N) is 4. The molecule has 6 heteroatoms. The predicted octanol–water partition coefficient (Wildman–Crippen LogP) is 2.41. The molecular weight excluding hydrogens is 252 g/mol. The van der Waals surface area contributed by atoms with Gasteiger partial charge in [0.25, 0.3) is 0 Å². The van der Waals surface area contributed by atoms with Gasteiger partial charge in [0.1, 0.15) is 11.4 Å². The molecule has 0 unspecified atom stereocenters. The molecule has 0 bridgehead atoms. The molecule has 6 nitrogen and oxygen atoms in total. The Morgan fingerprint density at radius 2 is 1.25 bits per heavy atom. The van der Waals surface area contributed by atoms with E-state index in [0.717, 1.165) is 28.4 Å². The van der Waals surface area contributed by atoms with Crippen LogP contribution in [-0.4, -0.2) is 29.9 Å². The van der Waals surface area contributed by atoms with Crippen LogP contribution in [0.3, 0.4) is 0 Å². The number of fused-ring (bicyclic) bond motifs is 1. The molecule has 0 aromatic carbocycles. The molecule has 0 fully saturated rings. The van der Waals surface area contributed by atoms with Crippen LogP contribution in [0.25, 0.3) is 34.1 Å². The van der Waals surface area contributed by atoms with Gasteiger partial charge in [-0.25, -0.2) is 19.9 Å². The van der Waals surface area contributed by atoms with Crippen LogP contribution in [0.4, 0.5) is 0 Å². The highest BCUT2D eigenvalue weighted by Gasteiger charge is 2.07. The van der Waals surface area contributed by atoms with Crippen molar-refractivity contribution in [2.24, 2.45) is 0 Å². The molecule has 20 heavy (non-hydrogen) atoms. The summed E-state index contributed by atoms with van der Waals surface area (Å²) in [4.78, 5) is 23.6. The zero-order chi connectivity index (χ0) is 13.4. The van der Waals surface area contributed by atoms with E-state index in [1.54, 1.807) is 24.8 Å². The number of H-pyrrole nitrogens is 2. The van der Waals surface area contributed by atoms with E-state index in [9.17, 15) is 0 Å². The van der Waals surface area contributed by atoms with Crippen molar-refractivity contribution in [3.8, 4) is 23.0 Å². The highest BCUT2D eigenvalue weighted by atomic mass is 15.0. The average Bonchev–Trinajstić information content (AvgIpc) is 3.19. The quantitative estimate of drug-likeness (QED) is 0.581. The maximum Gasteiger partial charge on any atom is 0.160 e. The molecule has 4 aromatic rings. The van der Waals surface area contributed by atoms with Crippen LogP contribution in [0.1, 0.15) is 0 Å². The molecule has 0 saturated heterocycles. The number of aromatic nitrogens is 6. The molecule has 4 heterocycles. The van der Waals surface area contributed by atoms with E-state index in [-0.39, 0.29) is 0 Å². The largest absolute Gasteiger partial charge is 0.343 e. The summed E-state index contributed by atoms with van der Waals surface area (Å²) in [7, 11) is 0. The zero-order valence-electron chi connectivity index (χ0n) is 10.4. The first-order valence-corrected chi connectivity index (χ1v) is 6.17. The Kier molecular flexibility index (Phi) is 2.32. The van der Waals surface area contributed by atoms with Crippen molar-refractivity contribution in [2.75, 3.05) is 0 Å². The molecule has 0 aliphatic rings. The number of hydrogen-bond donors (Lipinski definition) is 2. The first kappa shape index (κ1) is 10.9. The second-order valence-electron chi connectivity index (χ2n) is 4.32. The minimum atomic E-state index is 0.674. The van der Waals surface area contributed by atoms with Crippen molar-refractivity contribution < 1.29 is 0 Å². The summed E-state index contributed by atoms with van der Waals surface area (Å²) in [5.74, 6) is 1.47. The van der Waals surface area contributed by atoms with Gasteiger partial charge in [-0.1, -0.05) is 0 Å². The molecule has 0 saturated carbocycles. The topological polar surface area (TPSA) is 83.1 Å². The standard InChI is InChI=1S/C14H10N6/c1-3-10(13-15-5-6-16-13)19-12-9(1)2-4-11(20-12)14-17-7-8-18-14/h1-8H,(H,15,16)(H,17,18). The maximum atomic E-state index is 4.54. The van der Waals surface area contributed by atoms with Crippen LogP contribution in [-0.2, 0) is 0 Å². The summed E-state index contributed by atoms with van der Waals surface area (Å²) in [6.45, 7) is 0. The third-order valence-electron chi connectivity index (χ3n) is 3.03. The number of imidazole rings is 2. The molecule has 0 aliphatic carbocycles. The third kappa shape index (κ3) is 1.74. The summed E-state index contributed by atoms with van der Waals surface area (Å²) >= 11 is 0. The molecule has 0 aliphatic heterocycles. The zero-order valence-corrected chi connectivity index (χ0v) is 10.4. The monoisotopic (exact) mass is 262 g/mol. The maximum absolute atomic E-state index is 4.54. The minimum Gasteiger partial charge on any atom is -0.343 e. The summed E-state index contributed by atoms with van der Waals surface area (Å²) < 4.78 is 0. The van der Waals surface area contributed by atoms with E-state index < -0.39 is 0 Å². The fourth-order valence-electron chi connectivity index (χ4n) is 2.07. The van der Waals surface area contributed by atoms with Crippen molar-refractivity contribution in [3.63, 3.8) is 0 Å². The van der Waals surface area contributed by atoms with E-state index in [2.05, 4.69) is 29.9 Å². The third-order valence-corrected chi connectivity index (χ3v) is 3.03. The molecule has 2 N–H and O–H groups in total. The number of aromatic amines is 2. The second-order valence-corrected chi connectivity index (χ2v) is 4.32. The average molecular weight is 262 g/mol. The lowest BCUT2D eigenvalue weighted by molar-refractivity contribution is 1.20. The van der Waals surface area contributed by atoms with Crippen LogP contribution in [0.5, 0.6) is 0 Å². The lowest BCUT2D eigenvalue weighted by atomic mass is 10.2. The number of hydrogen-bond acceptors (Lipinski definition) is 4. The Morgan fingerprint density at radius 3 is 1.70 bits per heavy atom. The summed E-state index contributed by atoms with van der Waals surface area (Å²) in [6.07, 6.45) is 6.95. The van der Waals surface area contributed by atoms with Gasteiger partial charge in [0.05, 0.1) is 0 Å². The van der Waals surface area contributed by atoms with Gasteiger partial charge in [-0.3, -0.25) is 0 Å². The van der Waals surface area contributed by atoms with E-state index in [0.29, 0.717) is 5.65 Å². The van der Waals surface area contributed by atoms with Crippen LogP contribution < -0.4 is 0 Å². The molecule has 4 aromatic heterocycles. The molecule has 0 radical (unpaired) electrons. The van der Waals surface area contributed by atoms with Crippen molar-refractivity contribution >= 4 is 11.0 Å². The lowest BCUT2D eigenvalue weighted by Gasteiger charge is -2.02. The fourth-order valence-corrected chi connectivity index (χ4v) is 2.07. The molecule has 4 rings (SSSR count). The van der Waals surface area contributed by atoms with E-state index in [1.165, 1.54) is 0 Å². The smallest absolute Gasteiger partial charge is 0.160 e. The van der Waals surface area contributed by atoms with Crippen molar-refractivity contribution in [2.45, 2.75) is 0 Å². The Morgan fingerprint density at radius 1 is 0.700 bits per heavy atom. The van der Waals surface area contributed by atoms with Gasteiger partial charge in [0.15, 0.2) is 17.3 Å².